The topological polar surface area (TPSA) is 12.9 Å². The van der Waals surface area contributed by atoms with Gasteiger partial charge in [-0.3, -0.25) is 4.98 Å². The molecule has 23 heavy (non-hydrogen) atoms. The average Bonchev–Trinajstić information content (AvgIpc) is 2.63. The normalized spacial score (nSPS) is 16.1. The molecule has 3 heterocycles. The predicted molar refractivity (Wildman–Crippen MR) is 95.7 cm³/mol. The quantitative estimate of drug-likeness (QED) is 0.620. The van der Waals surface area contributed by atoms with Crippen LogP contribution in [0, 0.1) is 6.85 Å². The van der Waals surface area contributed by atoms with Crippen molar-refractivity contribution in [2.24, 2.45) is 0 Å². The number of hydrogen-bond acceptors (Lipinski definition) is 1. The molecule has 0 spiro atoms. The Hall–Kier alpha value is -2.41. The molecule has 2 aliphatic carbocycles. The molecule has 2 aliphatic heterocycles. The van der Waals surface area contributed by atoms with Gasteiger partial charge < -0.3 is 0 Å². The van der Waals surface area contributed by atoms with Crippen LogP contribution in [0.2, 0.25) is 0 Å². The number of rotatable bonds is 1. The van der Waals surface area contributed by atoms with Crippen LogP contribution in [-0.2, 0) is 25.7 Å². The molecule has 0 amide bonds. The number of nitrogens with zero attached hydrogens (tertiary/aromatic N) is 1. The SMILES string of the molecule is [2H]C([2H])([2H])c1ccc(-c2nc3ccc2CCc2ccc(cc2)CC3)cc1. The number of benzene rings is 2. The van der Waals surface area contributed by atoms with Crippen molar-refractivity contribution < 1.29 is 4.11 Å². The molecular formula is C22H21N. The van der Waals surface area contributed by atoms with Gasteiger partial charge in [-0.05, 0) is 55.3 Å². The molecule has 0 unspecified atom stereocenters. The van der Waals surface area contributed by atoms with Gasteiger partial charge in [0.15, 0.2) is 0 Å². The van der Waals surface area contributed by atoms with E-state index in [1.54, 1.807) is 12.1 Å². The average molecular weight is 302 g/mol. The molecule has 4 bridgehead atoms. The predicted octanol–water partition coefficient (Wildman–Crippen LogP) is 4.94. The molecule has 0 fully saturated rings. The molecule has 114 valence electrons. The fourth-order valence-corrected chi connectivity index (χ4v) is 3.17. The van der Waals surface area contributed by atoms with E-state index < -0.39 is 6.85 Å². The Morgan fingerprint density at radius 2 is 1.43 bits per heavy atom. The van der Waals surface area contributed by atoms with Gasteiger partial charge >= 0.3 is 0 Å². The van der Waals surface area contributed by atoms with Crippen LogP contribution in [-0.4, -0.2) is 4.98 Å². The third-order valence-electron chi connectivity index (χ3n) is 4.57. The maximum absolute atomic E-state index is 7.55. The molecule has 1 aromatic heterocycles. The molecule has 2 aromatic carbocycles. The van der Waals surface area contributed by atoms with E-state index in [1.165, 1.54) is 16.7 Å². The number of aryl methyl sites for hydroxylation is 5. The molecular weight excluding hydrogens is 278 g/mol. The summed E-state index contributed by atoms with van der Waals surface area (Å²) < 4.78 is 22.6. The van der Waals surface area contributed by atoms with E-state index in [9.17, 15) is 0 Å². The van der Waals surface area contributed by atoms with Gasteiger partial charge in [-0.1, -0.05) is 60.2 Å². The lowest BCUT2D eigenvalue weighted by molar-refractivity contribution is 0.884. The minimum Gasteiger partial charge on any atom is -0.253 e. The van der Waals surface area contributed by atoms with Crippen molar-refractivity contribution in [3.63, 3.8) is 0 Å². The summed E-state index contributed by atoms with van der Waals surface area (Å²) in [7, 11) is 0. The van der Waals surface area contributed by atoms with Crippen molar-refractivity contribution in [3.05, 3.63) is 88.6 Å². The second-order valence-electron chi connectivity index (χ2n) is 6.20. The molecule has 7 rings (SSSR count). The molecule has 0 saturated heterocycles. The fourth-order valence-electron chi connectivity index (χ4n) is 3.17. The summed E-state index contributed by atoms with van der Waals surface area (Å²) in [6.45, 7) is -2.07. The Bertz CT molecular complexity index is 910. The van der Waals surface area contributed by atoms with Crippen LogP contribution in [0.5, 0.6) is 0 Å². The molecule has 3 aromatic rings. The minimum atomic E-state index is -2.07. The number of pyridine rings is 1. The lowest BCUT2D eigenvalue weighted by Gasteiger charge is -2.14. The van der Waals surface area contributed by atoms with Gasteiger partial charge in [0.05, 0.1) is 5.69 Å². The Labute approximate surface area is 142 Å². The smallest absolute Gasteiger partial charge is 0.0737 e. The Balaban J connectivity index is 1.73. The van der Waals surface area contributed by atoms with E-state index >= 15 is 0 Å². The van der Waals surface area contributed by atoms with Gasteiger partial charge in [0.2, 0.25) is 0 Å². The summed E-state index contributed by atoms with van der Waals surface area (Å²) >= 11 is 0. The molecule has 4 aliphatic rings. The molecule has 0 radical (unpaired) electrons. The molecule has 0 N–H and O–H groups in total. The van der Waals surface area contributed by atoms with E-state index in [4.69, 9.17) is 9.10 Å². The lowest BCUT2D eigenvalue weighted by atomic mass is 9.95. The number of hydrogen-bond donors (Lipinski definition) is 0. The zero-order valence-corrected chi connectivity index (χ0v) is 13.0. The van der Waals surface area contributed by atoms with Crippen molar-refractivity contribution in [1.82, 2.24) is 4.98 Å². The van der Waals surface area contributed by atoms with E-state index in [-0.39, 0.29) is 0 Å². The minimum absolute atomic E-state index is 0.368. The monoisotopic (exact) mass is 302 g/mol. The Morgan fingerprint density at radius 1 is 0.739 bits per heavy atom. The van der Waals surface area contributed by atoms with Crippen molar-refractivity contribution in [3.8, 4) is 11.3 Å². The second kappa shape index (κ2) is 6.00. The van der Waals surface area contributed by atoms with Gasteiger partial charge in [-0.25, -0.2) is 0 Å². The maximum Gasteiger partial charge on any atom is 0.0737 e. The molecule has 0 atom stereocenters. The Kier molecular flexibility index (Phi) is 2.92. The first-order valence-corrected chi connectivity index (χ1v) is 8.16. The van der Waals surface area contributed by atoms with Crippen LogP contribution in [0.25, 0.3) is 11.3 Å². The van der Waals surface area contributed by atoms with Crippen LogP contribution >= 0.6 is 0 Å². The van der Waals surface area contributed by atoms with Crippen molar-refractivity contribution >= 4 is 0 Å². The van der Waals surface area contributed by atoms with Gasteiger partial charge in [-0.15, -0.1) is 0 Å². The van der Waals surface area contributed by atoms with Gasteiger partial charge in [0.1, 0.15) is 0 Å². The van der Waals surface area contributed by atoms with Crippen molar-refractivity contribution in [2.75, 3.05) is 0 Å². The maximum atomic E-state index is 7.55. The van der Waals surface area contributed by atoms with Crippen LogP contribution in [0.4, 0.5) is 0 Å². The first-order valence-electron chi connectivity index (χ1n) is 9.66. The van der Waals surface area contributed by atoms with Crippen LogP contribution in [0.1, 0.15) is 32.1 Å². The zero-order valence-electron chi connectivity index (χ0n) is 16.0. The van der Waals surface area contributed by atoms with Crippen LogP contribution in [0.3, 0.4) is 0 Å². The third kappa shape index (κ3) is 3.05. The van der Waals surface area contributed by atoms with E-state index in [1.807, 2.05) is 12.1 Å². The van der Waals surface area contributed by atoms with Gasteiger partial charge in [0.25, 0.3) is 0 Å². The van der Waals surface area contributed by atoms with Crippen molar-refractivity contribution in [1.29, 1.82) is 0 Å². The molecule has 1 nitrogen and oxygen atoms in total. The van der Waals surface area contributed by atoms with Crippen LogP contribution < -0.4 is 0 Å². The summed E-state index contributed by atoms with van der Waals surface area (Å²) in [5.41, 5.74) is 7.29. The lowest BCUT2D eigenvalue weighted by Crippen LogP contribution is -2.03. The van der Waals surface area contributed by atoms with E-state index in [0.717, 1.165) is 42.6 Å². The van der Waals surface area contributed by atoms with E-state index in [0.29, 0.717) is 5.56 Å². The Morgan fingerprint density at radius 3 is 2.13 bits per heavy atom. The summed E-state index contributed by atoms with van der Waals surface area (Å²) in [6.07, 6.45) is 3.77. The second-order valence-corrected chi connectivity index (χ2v) is 6.20. The zero-order chi connectivity index (χ0) is 18.1. The highest BCUT2D eigenvalue weighted by atomic mass is 14.7. The highest BCUT2D eigenvalue weighted by Gasteiger charge is 2.10. The largest absolute Gasteiger partial charge is 0.253 e. The van der Waals surface area contributed by atoms with Crippen molar-refractivity contribution in [2.45, 2.75) is 32.5 Å². The van der Waals surface area contributed by atoms with Gasteiger partial charge in [-0.2, -0.15) is 0 Å². The van der Waals surface area contributed by atoms with E-state index in [2.05, 4.69) is 36.4 Å². The number of aromatic nitrogens is 1. The van der Waals surface area contributed by atoms with Crippen LogP contribution in [0.15, 0.2) is 60.7 Å². The highest BCUT2D eigenvalue weighted by Crippen LogP contribution is 2.25. The highest BCUT2D eigenvalue weighted by molar-refractivity contribution is 5.64. The molecule has 1 heteroatoms. The summed E-state index contributed by atoms with van der Waals surface area (Å²) in [4.78, 5) is 4.92. The fraction of sp³-hybridized carbons (Fsp3) is 0.227. The first-order chi connectivity index (χ1) is 12.5. The standard InChI is InChI=1S/C22H21N/c1-16-2-10-19(11-3-16)22-20-12-8-17-4-6-18(7-5-17)9-14-21(23-22)15-13-20/h2-7,10-11,13,15H,8-9,12,14H2,1H3/i1D3. The third-order valence-corrected chi connectivity index (χ3v) is 4.57. The summed E-state index contributed by atoms with van der Waals surface area (Å²) in [5, 5.41) is 0. The summed E-state index contributed by atoms with van der Waals surface area (Å²) in [5.74, 6) is 0. The summed E-state index contributed by atoms with van der Waals surface area (Å²) in [6, 6.07) is 20.4. The molecule has 0 saturated carbocycles. The first kappa shape index (κ1) is 11.2. The van der Waals surface area contributed by atoms with Gasteiger partial charge in [0, 0.05) is 15.4 Å².